The van der Waals surface area contributed by atoms with E-state index in [9.17, 15) is 9.90 Å². The van der Waals surface area contributed by atoms with E-state index in [0.29, 0.717) is 5.92 Å². The van der Waals surface area contributed by atoms with Crippen molar-refractivity contribution >= 4 is 5.97 Å². The number of hydrogen-bond donors (Lipinski definition) is 1. The van der Waals surface area contributed by atoms with Crippen molar-refractivity contribution in [3.63, 3.8) is 0 Å². The second-order valence-corrected chi connectivity index (χ2v) is 5.71. The fourth-order valence-corrected chi connectivity index (χ4v) is 4.03. The predicted octanol–water partition coefficient (Wildman–Crippen LogP) is 3.62. The highest BCUT2D eigenvalue weighted by Gasteiger charge is 2.57. The second-order valence-electron chi connectivity index (χ2n) is 5.71. The second kappa shape index (κ2) is 4.37. The summed E-state index contributed by atoms with van der Waals surface area (Å²) in [6, 6.07) is 10.1. The van der Waals surface area contributed by atoms with Crippen LogP contribution in [0.4, 0.5) is 0 Å². The van der Waals surface area contributed by atoms with Gasteiger partial charge in [0, 0.05) is 11.3 Å². The average Bonchev–Trinajstić information content (AvgIpc) is 2.95. The Balaban J connectivity index is 2.05. The fourth-order valence-electron chi connectivity index (χ4n) is 4.03. The molecule has 98 valence electrons. The van der Waals surface area contributed by atoms with E-state index in [1.54, 1.807) is 0 Å². The maximum absolute atomic E-state index is 11.8. The summed E-state index contributed by atoms with van der Waals surface area (Å²) in [7, 11) is 0. The number of hydrogen-bond acceptors (Lipinski definition) is 1. The Bertz CT molecular complexity index is 531. The molecule has 1 saturated carbocycles. The molecule has 2 heteroatoms. The maximum atomic E-state index is 11.8. The van der Waals surface area contributed by atoms with Crippen molar-refractivity contribution in [2.75, 3.05) is 0 Å². The van der Waals surface area contributed by atoms with Crippen LogP contribution in [0, 0.1) is 17.3 Å². The quantitative estimate of drug-likeness (QED) is 0.833. The normalized spacial score (nSPS) is 35.5. The fraction of sp³-hybridized carbons (Fsp3) is 0.353. The molecule has 1 aromatic rings. The van der Waals surface area contributed by atoms with Crippen LogP contribution >= 0.6 is 0 Å². The number of carbonyl (C=O) groups is 1. The summed E-state index contributed by atoms with van der Waals surface area (Å²) in [4.78, 5) is 11.8. The number of aliphatic carboxylic acids is 1. The molecule has 0 aliphatic heterocycles. The highest BCUT2D eigenvalue weighted by Crippen LogP contribution is 2.61. The Kier molecular flexibility index (Phi) is 2.81. The third-order valence-electron chi connectivity index (χ3n) is 4.71. The van der Waals surface area contributed by atoms with Crippen LogP contribution in [0.15, 0.2) is 55.1 Å². The van der Waals surface area contributed by atoms with Gasteiger partial charge < -0.3 is 5.11 Å². The summed E-state index contributed by atoms with van der Waals surface area (Å²) >= 11 is 0. The van der Waals surface area contributed by atoms with Crippen molar-refractivity contribution in [2.45, 2.75) is 18.8 Å². The van der Waals surface area contributed by atoms with E-state index in [1.807, 2.05) is 24.3 Å². The van der Waals surface area contributed by atoms with Gasteiger partial charge in [-0.2, -0.15) is 0 Å². The molecule has 2 aliphatic rings. The Hall–Kier alpha value is -1.83. The van der Waals surface area contributed by atoms with Gasteiger partial charge in [0.25, 0.3) is 0 Å². The van der Waals surface area contributed by atoms with Crippen LogP contribution in [0.1, 0.15) is 24.3 Å². The molecule has 0 amide bonds. The first-order valence-corrected chi connectivity index (χ1v) is 6.76. The van der Waals surface area contributed by atoms with Gasteiger partial charge in [0.05, 0.1) is 5.92 Å². The number of fused-ring (bicyclic) bond motifs is 2. The van der Waals surface area contributed by atoms with Gasteiger partial charge in [0.2, 0.25) is 0 Å². The number of allylic oxidation sites excluding steroid dienone is 3. The highest BCUT2D eigenvalue weighted by atomic mass is 16.4. The molecule has 3 rings (SSSR count). The van der Waals surface area contributed by atoms with Crippen LogP contribution in [-0.2, 0) is 4.79 Å². The first kappa shape index (κ1) is 12.2. The first-order valence-electron chi connectivity index (χ1n) is 6.76. The lowest BCUT2D eigenvalue weighted by atomic mass is 9.70. The molecule has 0 heterocycles. The summed E-state index contributed by atoms with van der Waals surface area (Å²) in [5.41, 5.74) is 0.925. The van der Waals surface area contributed by atoms with E-state index in [-0.39, 0.29) is 17.3 Å². The number of carboxylic acids is 1. The molecule has 0 radical (unpaired) electrons. The van der Waals surface area contributed by atoms with Gasteiger partial charge in [-0.15, -0.1) is 6.58 Å². The van der Waals surface area contributed by atoms with Gasteiger partial charge in [0.1, 0.15) is 0 Å². The molecule has 4 atom stereocenters. The summed E-state index contributed by atoms with van der Waals surface area (Å²) in [6.45, 7) is 3.80. The molecular formula is C17H18O2. The lowest BCUT2D eigenvalue weighted by molar-refractivity contribution is -0.145. The third kappa shape index (κ3) is 1.74. The molecule has 2 nitrogen and oxygen atoms in total. The molecule has 0 saturated heterocycles. The van der Waals surface area contributed by atoms with Gasteiger partial charge in [-0.25, -0.2) is 0 Å². The molecule has 19 heavy (non-hydrogen) atoms. The van der Waals surface area contributed by atoms with E-state index in [2.05, 4.69) is 30.9 Å². The van der Waals surface area contributed by atoms with Crippen LogP contribution in [0.25, 0.3) is 0 Å². The Morgan fingerprint density at radius 1 is 1.42 bits per heavy atom. The first-order chi connectivity index (χ1) is 9.18. The van der Waals surface area contributed by atoms with Gasteiger partial charge in [-0.3, -0.25) is 4.79 Å². The molecule has 1 fully saturated rings. The van der Waals surface area contributed by atoms with Gasteiger partial charge in [-0.05, 0) is 24.3 Å². The minimum Gasteiger partial charge on any atom is -0.481 e. The number of benzene rings is 1. The topological polar surface area (TPSA) is 37.3 Å². The maximum Gasteiger partial charge on any atom is 0.308 e. The smallest absolute Gasteiger partial charge is 0.308 e. The average molecular weight is 254 g/mol. The molecule has 0 spiro atoms. The van der Waals surface area contributed by atoms with Crippen LogP contribution in [0.2, 0.25) is 0 Å². The standard InChI is InChI=1S/C17H18O2/c1-2-9-17-10-8-13(11-17)14(15(17)16(18)19)12-6-4-3-5-7-12/h2-8,10,13-15H,1,9,11H2,(H,18,19). The van der Waals surface area contributed by atoms with Crippen LogP contribution in [0.3, 0.4) is 0 Å². The monoisotopic (exact) mass is 254 g/mol. The summed E-state index contributed by atoms with van der Waals surface area (Å²) in [5, 5.41) is 9.69. The van der Waals surface area contributed by atoms with Gasteiger partial charge in [-0.1, -0.05) is 48.6 Å². The molecule has 2 bridgehead atoms. The van der Waals surface area contributed by atoms with E-state index in [1.165, 1.54) is 0 Å². The minimum atomic E-state index is -0.678. The van der Waals surface area contributed by atoms with Crippen LogP contribution in [0.5, 0.6) is 0 Å². The van der Waals surface area contributed by atoms with E-state index in [0.717, 1.165) is 18.4 Å². The van der Waals surface area contributed by atoms with Gasteiger partial charge in [0.15, 0.2) is 0 Å². The Morgan fingerprint density at radius 3 is 2.79 bits per heavy atom. The van der Waals surface area contributed by atoms with Crippen molar-refractivity contribution in [3.05, 3.63) is 60.7 Å². The summed E-state index contributed by atoms with van der Waals surface area (Å²) in [5.74, 6) is -0.558. The Labute approximate surface area is 113 Å². The summed E-state index contributed by atoms with van der Waals surface area (Å²) in [6.07, 6.45) is 7.88. The SMILES string of the molecule is C=CCC12C=CC(C1)C(c1ccccc1)C2C(=O)O. The molecule has 1 N–H and O–H groups in total. The molecule has 2 aliphatic carbocycles. The third-order valence-corrected chi connectivity index (χ3v) is 4.71. The van der Waals surface area contributed by atoms with Crippen molar-refractivity contribution in [1.29, 1.82) is 0 Å². The van der Waals surface area contributed by atoms with Crippen LogP contribution < -0.4 is 0 Å². The van der Waals surface area contributed by atoms with Crippen molar-refractivity contribution < 1.29 is 9.90 Å². The van der Waals surface area contributed by atoms with E-state index in [4.69, 9.17) is 0 Å². The van der Waals surface area contributed by atoms with E-state index < -0.39 is 5.97 Å². The lowest BCUT2D eigenvalue weighted by Gasteiger charge is -2.33. The van der Waals surface area contributed by atoms with Gasteiger partial charge >= 0.3 is 5.97 Å². The zero-order valence-corrected chi connectivity index (χ0v) is 10.8. The van der Waals surface area contributed by atoms with Crippen molar-refractivity contribution in [2.24, 2.45) is 17.3 Å². The van der Waals surface area contributed by atoms with E-state index >= 15 is 0 Å². The lowest BCUT2D eigenvalue weighted by Crippen LogP contribution is -2.33. The predicted molar refractivity (Wildman–Crippen MR) is 74.8 cm³/mol. The zero-order chi connectivity index (χ0) is 13.5. The minimum absolute atomic E-state index is 0.101. The van der Waals surface area contributed by atoms with Crippen molar-refractivity contribution in [3.8, 4) is 0 Å². The number of carboxylic acid groups (broad SMARTS) is 1. The van der Waals surface area contributed by atoms with Crippen LogP contribution in [-0.4, -0.2) is 11.1 Å². The Morgan fingerprint density at radius 2 is 2.16 bits per heavy atom. The molecule has 0 aromatic heterocycles. The van der Waals surface area contributed by atoms with Crippen molar-refractivity contribution in [1.82, 2.24) is 0 Å². The largest absolute Gasteiger partial charge is 0.481 e. The molecule has 1 aromatic carbocycles. The molecular weight excluding hydrogens is 236 g/mol. The number of rotatable bonds is 4. The zero-order valence-electron chi connectivity index (χ0n) is 10.8. The molecule has 4 unspecified atom stereocenters. The summed E-state index contributed by atoms with van der Waals surface area (Å²) < 4.78 is 0. The highest BCUT2D eigenvalue weighted by molar-refractivity contribution is 5.75.